The van der Waals surface area contributed by atoms with E-state index in [9.17, 15) is 9.59 Å². The molecule has 0 spiro atoms. The maximum Gasteiger partial charge on any atom is 0.269 e. The molecule has 0 fully saturated rings. The Hall–Kier alpha value is -2.82. The molecule has 2 aromatic rings. The van der Waals surface area contributed by atoms with E-state index in [1.165, 1.54) is 0 Å². The second-order valence-electron chi connectivity index (χ2n) is 5.64. The molecule has 0 saturated heterocycles. The molecule has 5 nitrogen and oxygen atoms in total. The highest BCUT2D eigenvalue weighted by Gasteiger charge is 2.10. The number of ether oxygens (including phenoxy) is 1. The van der Waals surface area contributed by atoms with Gasteiger partial charge in [-0.15, -0.1) is 0 Å². The van der Waals surface area contributed by atoms with Gasteiger partial charge in [0.15, 0.2) is 0 Å². The third-order valence-corrected chi connectivity index (χ3v) is 3.56. The van der Waals surface area contributed by atoms with Gasteiger partial charge in [-0.3, -0.25) is 20.4 Å². The zero-order valence-electron chi connectivity index (χ0n) is 14.1. The lowest BCUT2D eigenvalue weighted by Crippen LogP contribution is -2.41. The van der Waals surface area contributed by atoms with Crippen LogP contribution in [0.15, 0.2) is 48.5 Å². The standard InChI is InChI=1S/C19H22N2O3/c1-4-24-17-11-9-16(10-12-17)19(23)21-20-18(22)15-7-5-14(6-8-15)13(2)3/h5-13H,4H2,1-3H3,(H,20,22)(H,21,23). The van der Waals surface area contributed by atoms with Crippen molar-refractivity contribution in [1.29, 1.82) is 0 Å². The van der Waals surface area contributed by atoms with Gasteiger partial charge >= 0.3 is 0 Å². The average Bonchev–Trinajstić information content (AvgIpc) is 2.60. The molecule has 24 heavy (non-hydrogen) atoms. The van der Waals surface area contributed by atoms with Crippen LogP contribution in [0.1, 0.15) is 53.0 Å². The van der Waals surface area contributed by atoms with Crippen molar-refractivity contribution in [3.8, 4) is 5.75 Å². The van der Waals surface area contributed by atoms with Crippen LogP contribution in [0.3, 0.4) is 0 Å². The maximum absolute atomic E-state index is 12.1. The minimum Gasteiger partial charge on any atom is -0.494 e. The molecule has 0 unspecified atom stereocenters. The largest absolute Gasteiger partial charge is 0.494 e. The van der Waals surface area contributed by atoms with Gasteiger partial charge in [-0.2, -0.15) is 0 Å². The summed E-state index contributed by atoms with van der Waals surface area (Å²) in [5.74, 6) is 0.361. The number of amides is 2. The fourth-order valence-electron chi connectivity index (χ4n) is 2.15. The van der Waals surface area contributed by atoms with Crippen molar-refractivity contribution in [3.05, 3.63) is 65.2 Å². The Balaban J connectivity index is 1.91. The van der Waals surface area contributed by atoms with Crippen molar-refractivity contribution in [1.82, 2.24) is 10.9 Å². The highest BCUT2D eigenvalue weighted by molar-refractivity contribution is 5.99. The third-order valence-electron chi connectivity index (χ3n) is 3.56. The van der Waals surface area contributed by atoms with E-state index >= 15 is 0 Å². The van der Waals surface area contributed by atoms with Crippen LogP contribution in [-0.4, -0.2) is 18.4 Å². The number of nitrogens with one attached hydrogen (secondary N) is 2. The molecule has 2 amide bonds. The lowest BCUT2D eigenvalue weighted by Gasteiger charge is -2.09. The number of hydrogen-bond acceptors (Lipinski definition) is 3. The zero-order chi connectivity index (χ0) is 17.5. The SMILES string of the molecule is CCOc1ccc(C(=O)NNC(=O)c2ccc(C(C)C)cc2)cc1. The number of rotatable bonds is 5. The Labute approximate surface area is 142 Å². The molecule has 126 valence electrons. The second kappa shape index (κ2) is 8.15. The molecule has 0 aliphatic heterocycles. The van der Waals surface area contributed by atoms with Crippen LogP contribution in [-0.2, 0) is 0 Å². The Morgan fingerprint density at radius 3 is 1.75 bits per heavy atom. The molecule has 0 aromatic heterocycles. The number of hydrazine groups is 1. The van der Waals surface area contributed by atoms with Crippen molar-refractivity contribution < 1.29 is 14.3 Å². The van der Waals surface area contributed by atoms with E-state index in [-0.39, 0.29) is 11.8 Å². The molecular formula is C19H22N2O3. The molecule has 0 bridgehead atoms. The number of carbonyl (C=O) groups excluding carboxylic acids is 2. The molecule has 0 heterocycles. The highest BCUT2D eigenvalue weighted by atomic mass is 16.5. The molecule has 2 N–H and O–H groups in total. The molecule has 2 aromatic carbocycles. The fraction of sp³-hybridized carbons (Fsp3) is 0.263. The molecule has 0 radical (unpaired) electrons. The Kier molecular flexibility index (Phi) is 5.95. The lowest BCUT2D eigenvalue weighted by atomic mass is 10.0. The molecule has 2 rings (SSSR count). The first kappa shape index (κ1) is 17.5. The quantitative estimate of drug-likeness (QED) is 0.829. The first-order chi connectivity index (χ1) is 11.5. The fourth-order valence-corrected chi connectivity index (χ4v) is 2.15. The van der Waals surface area contributed by atoms with Gasteiger partial charge in [0, 0.05) is 11.1 Å². The predicted molar refractivity (Wildman–Crippen MR) is 93.1 cm³/mol. The summed E-state index contributed by atoms with van der Waals surface area (Å²) in [5, 5.41) is 0. The van der Waals surface area contributed by atoms with E-state index in [1.54, 1.807) is 36.4 Å². The van der Waals surface area contributed by atoms with Crippen LogP contribution in [0.2, 0.25) is 0 Å². The maximum atomic E-state index is 12.1. The third kappa shape index (κ3) is 4.59. The van der Waals surface area contributed by atoms with E-state index in [0.717, 1.165) is 5.56 Å². The Bertz CT molecular complexity index is 692. The zero-order valence-corrected chi connectivity index (χ0v) is 14.1. The van der Waals surface area contributed by atoms with Gasteiger partial charge in [0.2, 0.25) is 0 Å². The monoisotopic (exact) mass is 326 g/mol. The topological polar surface area (TPSA) is 67.4 Å². The number of hydrogen-bond donors (Lipinski definition) is 2. The van der Waals surface area contributed by atoms with E-state index in [2.05, 4.69) is 24.7 Å². The van der Waals surface area contributed by atoms with Crippen molar-refractivity contribution >= 4 is 11.8 Å². The average molecular weight is 326 g/mol. The summed E-state index contributed by atoms with van der Waals surface area (Å²) in [6, 6.07) is 14.0. The first-order valence-electron chi connectivity index (χ1n) is 7.94. The molecule has 0 aliphatic carbocycles. The second-order valence-corrected chi connectivity index (χ2v) is 5.64. The number of benzene rings is 2. The minimum atomic E-state index is -0.384. The summed E-state index contributed by atoms with van der Waals surface area (Å²) < 4.78 is 5.32. The summed E-state index contributed by atoms with van der Waals surface area (Å²) in [6.45, 7) is 6.64. The van der Waals surface area contributed by atoms with Gasteiger partial charge in [0.05, 0.1) is 6.61 Å². The van der Waals surface area contributed by atoms with Crippen molar-refractivity contribution in [3.63, 3.8) is 0 Å². The molecule has 0 saturated carbocycles. The van der Waals surface area contributed by atoms with Crippen LogP contribution in [0.4, 0.5) is 0 Å². The van der Waals surface area contributed by atoms with E-state index < -0.39 is 0 Å². The van der Waals surface area contributed by atoms with E-state index in [4.69, 9.17) is 4.74 Å². The van der Waals surface area contributed by atoms with Gasteiger partial charge in [-0.25, -0.2) is 0 Å². The van der Waals surface area contributed by atoms with Gasteiger partial charge in [0.25, 0.3) is 11.8 Å². The van der Waals surface area contributed by atoms with E-state index in [0.29, 0.717) is 29.4 Å². The normalized spacial score (nSPS) is 10.3. The van der Waals surface area contributed by atoms with Crippen LogP contribution in [0.25, 0.3) is 0 Å². The molecular weight excluding hydrogens is 304 g/mol. The summed E-state index contributed by atoms with van der Waals surface area (Å²) in [5.41, 5.74) is 6.91. The summed E-state index contributed by atoms with van der Waals surface area (Å²) in [7, 11) is 0. The van der Waals surface area contributed by atoms with Crippen LogP contribution in [0.5, 0.6) is 5.75 Å². The van der Waals surface area contributed by atoms with Crippen molar-refractivity contribution in [2.75, 3.05) is 6.61 Å². The van der Waals surface area contributed by atoms with Crippen LogP contribution in [0, 0.1) is 0 Å². The predicted octanol–water partition coefficient (Wildman–Crippen LogP) is 3.28. The summed E-state index contributed by atoms with van der Waals surface area (Å²) >= 11 is 0. The lowest BCUT2D eigenvalue weighted by molar-refractivity contribution is 0.0846. The smallest absolute Gasteiger partial charge is 0.269 e. The van der Waals surface area contributed by atoms with Gasteiger partial charge in [-0.1, -0.05) is 26.0 Å². The molecule has 0 aliphatic rings. The number of carbonyl (C=O) groups is 2. The Morgan fingerprint density at radius 1 is 0.875 bits per heavy atom. The van der Waals surface area contributed by atoms with Gasteiger partial charge in [0.1, 0.15) is 5.75 Å². The molecule has 0 atom stereocenters. The van der Waals surface area contributed by atoms with Gasteiger partial charge in [-0.05, 0) is 54.8 Å². The van der Waals surface area contributed by atoms with Crippen molar-refractivity contribution in [2.24, 2.45) is 0 Å². The van der Waals surface area contributed by atoms with Crippen LogP contribution < -0.4 is 15.6 Å². The minimum absolute atomic E-state index is 0.357. The van der Waals surface area contributed by atoms with E-state index in [1.807, 2.05) is 19.1 Å². The van der Waals surface area contributed by atoms with Crippen LogP contribution >= 0.6 is 0 Å². The van der Waals surface area contributed by atoms with Gasteiger partial charge < -0.3 is 4.74 Å². The summed E-state index contributed by atoms with van der Waals surface area (Å²) in [6.07, 6.45) is 0. The summed E-state index contributed by atoms with van der Waals surface area (Å²) in [4.78, 5) is 24.1. The Morgan fingerprint density at radius 2 is 1.33 bits per heavy atom. The van der Waals surface area contributed by atoms with Crippen molar-refractivity contribution in [2.45, 2.75) is 26.7 Å². The molecule has 5 heteroatoms. The highest BCUT2D eigenvalue weighted by Crippen LogP contribution is 2.14. The first-order valence-corrected chi connectivity index (χ1v) is 7.94.